The maximum absolute atomic E-state index is 3.95. The summed E-state index contributed by atoms with van der Waals surface area (Å²) < 4.78 is 2.61. The van der Waals surface area contributed by atoms with Crippen LogP contribution in [0.3, 0.4) is 0 Å². The molecule has 2 aliphatic heterocycles. The van der Waals surface area contributed by atoms with Gasteiger partial charge in [0.05, 0.1) is 17.2 Å². The van der Waals surface area contributed by atoms with Gasteiger partial charge in [-0.2, -0.15) is 4.58 Å². The zero-order chi connectivity index (χ0) is 28.6. The zero-order valence-electron chi connectivity index (χ0n) is 26.5. The summed E-state index contributed by atoms with van der Waals surface area (Å²) in [5.74, 6) is 0. The van der Waals surface area contributed by atoms with Gasteiger partial charge in [-0.1, -0.05) is 114 Å². The topological polar surface area (TPSA) is 6.25 Å². The van der Waals surface area contributed by atoms with Crippen LogP contribution in [0.2, 0.25) is 0 Å². The van der Waals surface area contributed by atoms with E-state index < -0.39 is 0 Å². The monoisotopic (exact) mass is 539 g/mol. The molecule has 0 N–H and O–H groups in total. The number of allylic oxidation sites excluding steroid dienone is 1. The smallest absolute Gasteiger partial charge is 0.209 e. The summed E-state index contributed by atoms with van der Waals surface area (Å²) in [7, 11) is 0. The summed E-state index contributed by atoms with van der Waals surface area (Å²) in [6.45, 7) is 16.3. The first-order chi connectivity index (χ1) is 19.3. The first-order valence-corrected chi connectivity index (χ1v) is 16.4. The Hall–Kier alpha value is -2.57. The number of anilines is 1. The van der Waals surface area contributed by atoms with Crippen LogP contribution in [-0.2, 0) is 10.8 Å². The number of rotatable bonds is 15. The highest BCUT2D eigenvalue weighted by atomic mass is 15.2. The Morgan fingerprint density at radius 2 is 1.25 bits per heavy atom. The van der Waals surface area contributed by atoms with Crippen LogP contribution in [0.15, 0.2) is 66.0 Å². The Balaban J connectivity index is 1.66. The van der Waals surface area contributed by atoms with Gasteiger partial charge in [-0.05, 0) is 52.2 Å². The van der Waals surface area contributed by atoms with Gasteiger partial charge in [-0.15, -0.1) is 0 Å². The van der Waals surface area contributed by atoms with Crippen molar-refractivity contribution in [2.24, 2.45) is 0 Å². The molecular formula is C38H55N2+. The van der Waals surface area contributed by atoms with Crippen molar-refractivity contribution in [3.8, 4) is 0 Å². The van der Waals surface area contributed by atoms with Crippen LogP contribution in [0.1, 0.15) is 130 Å². The molecule has 0 saturated heterocycles. The van der Waals surface area contributed by atoms with Gasteiger partial charge in [0, 0.05) is 35.7 Å². The van der Waals surface area contributed by atoms with Gasteiger partial charge >= 0.3 is 0 Å². The fourth-order valence-electron chi connectivity index (χ4n) is 6.89. The van der Waals surface area contributed by atoms with E-state index in [2.05, 4.69) is 111 Å². The normalized spacial score (nSPS) is 16.8. The summed E-state index contributed by atoms with van der Waals surface area (Å²) in [5, 5.41) is 0. The fourth-order valence-corrected chi connectivity index (χ4v) is 6.89. The van der Waals surface area contributed by atoms with Crippen LogP contribution in [0, 0.1) is 0 Å². The average Bonchev–Trinajstić information content (AvgIpc) is 3.30. The Morgan fingerprint density at radius 3 is 1.95 bits per heavy atom. The minimum absolute atomic E-state index is 0.0356. The van der Waals surface area contributed by atoms with Gasteiger partial charge < -0.3 is 4.90 Å². The molecule has 40 heavy (non-hydrogen) atoms. The van der Waals surface area contributed by atoms with Crippen molar-refractivity contribution in [2.75, 3.05) is 18.0 Å². The van der Waals surface area contributed by atoms with E-state index in [1.165, 1.54) is 111 Å². The molecule has 0 spiro atoms. The second kappa shape index (κ2) is 13.9. The number of para-hydroxylation sites is 2. The molecule has 216 valence electrons. The highest BCUT2D eigenvalue weighted by molar-refractivity contribution is 6.03. The SMILES string of the molecule is CCCCCCCCN1C(=C=CC2=[N+](CCCCCCCC)c3ccccc3C2(C)C)C(C)(C)c2ccccc21. The lowest BCUT2D eigenvalue weighted by atomic mass is 9.81. The largest absolute Gasteiger partial charge is 0.338 e. The molecule has 2 aromatic carbocycles. The molecule has 2 nitrogen and oxygen atoms in total. The molecule has 0 aliphatic carbocycles. The lowest BCUT2D eigenvalue weighted by molar-refractivity contribution is -0.438. The van der Waals surface area contributed by atoms with Crippen molar-refractivity contribution >= 4 is 17.1 Å². The van der Waals surface area contributed by atoms with Gasteiger partial charge in [0.1, 0.15) is 6.54 Å². The number of fused-ring (bicyclic) bond motifs is 2. The quantitative estimate of drug-likeness (QED) is 0.124. The van der Waals surface area contributed by atoms with Gasteiger partial charge in [-0.3, -0.25) is 0 Å². The number of nitrogens with zero attached hydrogens (tertiary/aromatic N) is 2. The van der Waals surface area contributed by atoms with E-state index in [4.69, 9.17) is 0 Å². The first-order valence-electron chi connectivity index (χ1n) is 16.4. The van der Waals surface area contributed by atoms with E-state index in [9.17, 15) is 0 Å². The first kappa shape index (κ1) is 30.4. The number of hydrogen-bond acceptors (Lipinski definition) is 1. The fraction of sp³-hybridized carbons (Fsp3) is 0.579. The van der Waals surface area contributed by atoms with Crippen molar-refractivity contribution < 1.29 is 4.58 Å². The Labute approximate surface area is 245 Å². The van der Waals surface area contributed by atoms with Crippen molar-refractivity contribution in [3.05, 3.63) is 77.2 Å². The minimum atomic E-state index is -0.0600. The van der Waals surface area contributed by atoms with Gasteiger partial charge in [0.25, 0.3) is 0 Å². The second-order valence-electron chi connectivity index (χ2n) is 13.1. The molecule has 0 bridgehead atoms. The van der Waals surface area contributed by atoms with Gasteiger partial charge in [0.2, 0.25) is 5.69 Å². The predicted octanol–water partition coefficient (Wildman–Crippen LogP) is 10.6. The molecule has 0 amide bonds. The van der Waals surface area contributed by atoms with Crippen molar-refractivity contribution in [3.63, 3.8) is 0 Å². The molecular weight excluding hydrogens is 484 g/mol. The molecule has 0 saturated carbocycles. The van der Waals surface area contributed by atoms with Crippen molar-refractivity contribution in [1.82, 2.24) is 0 Å². The van der Waals surface area contributed by atoms with Crippen molar-refractivity contribution in [1.29, 1.82) is 0 Å². The number of benzene rings is 2. The number of unbranched alkanes of at least 4 members (excludes halogenated alkanes) is 10. The molecule has 2 heterocycles. The third-order valence-corrected chi connectivity index (χ3v) is 9.35. The summed E-state index contributed by atoms with van der Waals surface area (Å²) >= 11 is 0. The van der Waals surface area contributed by atoms with Crippen LogP contribution in [0.4, 0.5) is 11.4 Å². The molecule has 0 radical (unpaired) electrons. The molecule has 0 atom stereocenters. The zero-order valence-corrected chi connectivity index (χ0v) is 26.5. The maximum Gasteiger partial charge on any atom is 0.209 e. The van der Waals surface area contributed by atoms with Crippen LogP contribution < -0.4 is 4.90 Å². The van der Waals surface area contributed by atoms with E-state index in [0.29, 0.717) is 0 Å². The van der Waals surface area contributed by atoms with E-state index in [1.807, 2.05) is 0 Å². The van der Waals surface area contributed by atoms with Gasteiger partial charge in [0.15, 0.2) is 5.71 Å². The molecule has 0 unspecified atom stereocenters. The minimum Gasteiger partial charge on any atom is -0.338 e. The lowest BCUT2D eigenvalue weighted by Gasteiger charge is -2.25. The Bertz CT molecular complexity index is 1220. The predicted molar refractivity (Wildman–Crippen MR) is 174 cm³/mol. The van der Waals surface area contributed by atoms with E-state index in [0.717, 1.165) is 13.1 Å². The lowest BCUT2D eigenvalue weighted by Crippen LogP contribution is -2.29. The molecule has 0 fully saturated rings. The Kier molecular flexibility index (Phi) is 10.5. The summed E-state index contributed by atoms with van der Waals surface area (Å²) in [5.41, 5.74) is 12.2. The molecule has 4 rings (SSSR count). The highest BCUT2D eigenvalue weighted by Crippen LogP contribution is 2.47. The number of hydrogen-bond donors (Lipinski definition) is 0. The van der Waals surface area contributed by atoms with Crippen LogP contribution in [0.25, 0.3) is 0 Å². The summed E-state index contributed by atoms with van der Waals surface area (Å²) in [6, 6.07) is 18.1. The van der Waals surface area contributed by atoms with Crippen molar-refractivity contribution in [2.45, 2.75) is 129 Å². The van der Waals surface area contributed by atoms with Crippen LogP contribution in [-0.4, -0.2) is 23.4 Å². The average molecular weight is 540 g/mol. The van der Waals surface area contributed by atoms with Crippen LogP contribution >= 0.6 is 0 Å². The van der Waals surface area contributed by atoms with Crippen LogP contribution in [0.5, 0.6) is 0 Å². The van der Waals surface area contributed by atoms with E-state index in [1.54, 1.807) is 0 Å². The standard InChI is InChI=1S/C38H55N2/c1-7-9-11-13-15-21-29-39-33-25-19-17-23-31(33)37(3,4)35(39)27-28-36-38(5,6)32-24-18-20-26-34(32)40(36)30-22-16-14-12-10-8-2/h17-20,23-27H,7-16,21-22,29-30H2,1-6H3/q+1. The third kappa shape index (κ3) is 6.49. The third-order valence-electron chi connectivity index (χ3n) is 9.35. The van der Waals surface area contributed by atoms with E-state index in [-0.39, 0.29) is 10.8 Å². The molecule has 2 aromatic rings. The Morgan fingerprint density at radius 1 is 0.675 bits per heavy atom. The highest BCUT2D eigenvalue weighted by Gasteiger charge is 2.45. The van der Waals surface area contributed by atoms with Gasteiger partial charge in [-0.25, -0.2) is 0 Å². The summed E-state index contributed by atoms with van der Waals surface area (Å²) in [4.78, 5) is 2.58. The maximum atomic E-state index is 3.95. The molecule has 2 aliphatic rings. The molecule has 0 aromatic heterocycles. The second-order valence-corrected chi connectivity index (χ2v) is 13.1. The molecule has 2 heteroatoms. The van der Waals surface area contributed by atoms with E-state index >= 15 is 0 Å². The summed E-state index contributed by atoms with van der Waals surface area (Å²) in [6.07, 6.45) is 18.2.